The van der Waals surface area contributed by atoms with Gasteiger partial charge in [0.2, 0.25) is 0 Å². The highest BCUT2D eigenvalue weighted by atomic mass is 16.3. The van der Waals surface area contributed by atoms with Gasteiger partial charge in [-0.1, -0.05) is 41.0 Å². The summed E-state index contributed by atoms with van der Waals surface area (Å²) < 4.78 is 0. The summed E-state index contributed by atoms with van der Waals surface area (Å²) in [7, 11) is 0. The Hall–Kier alpha value is -0.0800. The van der Waals surface area contributed by atoms with Crippen LogP contribution in [0.2, 0.25) is 0 Å². The monoisotopic (exact) mass is 243 g/mol. The molecule has 1 atom stereocenters. The summed E-state index contributed by atoms with van der Waals surface area (Å²) in [5, 5.41) is 13.6. The van der Waals surface area contributed by atoms with E-state index >= 15 is 0 Å². The molecule has 2 heteroatoms. The highest BCUT2D eigenvalue weighted by Gasteiger charge is 2.20. The third-order valence-electron chi connectivity index (χ3n) is 3.04. The molecule has 2 N–H and O–H groups in total. The topological polar surface area (TPSA) is 32.3 Å². The van der Waals surface area contributed by atoms with E-state index in [9.17, 15) is 5.11 Å². The zero-order chi connectivity index (χ0) is 13.5. The molecule has 0 aliphatic rings. The standard InChI is InChI=1S/C15H33NO/c1-13(2)12-16-11-10-15(6,17)9-7-8-14(3,4)5/h13,16-17H,7-12H2,1-6H3. The Morgan fingerprint density at radius 3 is 2.06 bits per heavy atom. The number of rotatable bonds is 8. The lowest BCUT2D eigenvalue weighted by Gasteiger charge is -2.26. The summed E-state index contributed by atoms with van der Waals surface area (Å²) in [6.07, 6.45) is 4.06. The van der Waals surface area contributed by atoms with Gasteiger partial charge in [-0.05, 0) is 50.6 Å². The van der Waals surface area contributed by atoms with Crippen LogP contribution < -0.4 is 5.32 Å². The van der Waals surface area contributed by atoms with Gasteiger partial charge in [0.15, 0.2) is 0 Å². The Bertz CT molecular complexity index is 192. The summed E-state index contributed by atoms with van der Waals surface area (Å²) in [5.74, 6) is 0.681. The van der Waals surface area contributed by atoms with Gasteiger partial charge in [0.05, 0.1) is 5.60 Å². The molecule has 0 aromatic heterocycles. The Kier molecular flexibility index (Phi) is 7.34. The second-order valence-electron chi connectivity index (χ2n) is 7.26. The van der Waals surface area contributed by atoms with Gasteiger partial charge in [-0.15, -0.1) is 0 Å². The second kappa shape index (κ2) is 7.38. The molecule has 0 heterocycles. The molecule has 0 amide bonds. The number of hydrogen-bond donors (Lipinski definition) is 2. The normalized spacial score (nSPS) is 16.2. The molecule has 1 unspecified atom stereocenters. The fourth-order valence-electron chi connectivity index (χ4n) is 1.87. The Morgan fingerprint density at radius 1 is 1.00 bits per heavy atom. The summed E-state index contributed by atoms with van der Waals surface area (Å²) in [6.45, 7) is 15.1. The fraction of sp³-hybridized carbons (Fsp3) is 1.00. The van der Waals surface area contributed by atoms with Crippen molar-refractivity contribution in [3.8, 4) is 0 Å². The second-order valence-corrected chi connectivity index (χ2v) is 7.26. The SMILES string of the molecule is CC(C)CNCCC(C)(O)CCCC(C)(C)C. The van der Waals surface area contributed by atoms with Gasteiger partial charge in [-0.25, -0.2) is 0 Å². The van der Waals surface area contributed by atoms with Crippen molar-refractivity contribution >= 4 is 0 Å². The zero-order valence-electron chi connectivity index (χ0n) is 12.8. The summed E-state index contributed by atoms with van der Waals surface area (Å²) in [6, 6.07) is 0. The summed E-state index contributed by atoms with van der Waals surface area (Å²) in [5.41, 5.74) is -0.124. The third kappa shape index (κ3) is 12.2. The quantitative estimate of drug-likeness (QED) is 0.639. The van der Waals surface area contributed by atoms with E-state index in [1.54, 1.807) is 0 Å². The zero-order valence-corrected chi connectivity index (χ0v) is 12.8. The molecule has 0 aromatic carbocycles. The van der Waals surface area contributed by atoms with Crippen molar-refractivity contribution < 1.29 is 5.11 Å². The Labute approximate surface area is 108 Å². The van der Waals surface area contributed by atoms with Gasteiger partial charge in [0.25, 0.3) is 0 Å². The van der Waals surface area contributed by atoms with Crippen LogP contribution in [0.15, 0.2) is 0 Å². The number of nitrogens with one attached hydrogen (secondary N) is 1. The molecule has 0 bridgehead atoms. The molecule has 17 heavy (non-hydrogen) atoms. The van der Waals surface area contributed by atoms with E-state index in [0.29, 0.717) is 11.3 Å². The predicted molar refractivity (Wildman–Crippen MR) is 76.3 cm³/mol. The highest BCUT2D eigenvalue weighted by Crippen LogP contribution is 2.25. The first kappa shape index (κ1) is 16.9. The molecule has 0 aromatic rings. The molecular weight excluding hydrogens is 210 g/mol. The van der Waals surface area contributed by atoms with E-state index in [1.807, 2.05) is 6.92 Å². The van der Waals surface area contributed by atoms with Crippen molar-refractivity contribution in [2.75, 3.05) is 13.1 Å². The van der Waals surface area contributed by atoms with Crippen molar-refractivity contribution in [3.63, 3.8) is 0 Å². The number of hydrogen-bond acceptors (Lipinski definition) is 2. The van der Waals surface area contributed by atoms with Gasteiger partial charge in [0.1, 0.15) is 0 Å². The average molecular weight is 243 g/mol. The van der Waals surface area contributed by atoms with Crippen molar-refractivity contribution in [1.29, 1.82) is 0 Å². The smallest absolute Gasteiger partial charge is 0.0631 e. The molecular formula is C15H33NO. The molecule has 2 nitrogen and oxygen atoms in total. The van der Waals surface area contributed by atoms with Crippen LogP contribution >= 0.6 is 0 Å². The molecule has 0 rings (SSSR count). The van der Waals surface area contributed by atoms with Gasteiger partial charge in [0, 0.05) is 0 Å². The minimum absolute atomic E-state index is 0.381. The minimum Gasteiger partial charge on any atom is -0.390 e. The van der Waals surface area contributed by atoms with E-state index in [-0.39, 0.29) is 0 Å². The third-order valence-corrected chi connectivity index (χ3v) is 3.04. The summed E-state index contributed by atoms with van der Waals surface area (Å²) in [4.78, 5) is 0. The Morgan fingerprint density at radius 2 is 1.59 bits per heavy atom. The minimum atomic E-state index is -0.505. The molecule has 0 aliphatic carbocycles. The van der Waals surface area contributed by atoms with Gasteiger partial charge < -0.3 is 10.4 Å². The largest absolute Gasteiger partial charge is 0.390 e. The average Bonchev–Trinajstić information content (AvgIpc) is 2.09. The van der Waals surface area contributed by atoms with Crippen molar-refractivity contribution in [2.45, 2.75) is 72.8 Å². The molecule has 0 spiro atoms. The lowest BCUT2D eigenvalue weighted by molar-refractivity contribution is 0.0373. The van der Waals surface area contributed by atoms with E-state index < -0.39 is 5.60 Å². The molecule has 0 radical (unpaired) electrons. The van der Waals surface area contributed by atoms with Crippen molar-refractivity contribution in [1.82, 2.24) is 5.32 Å². The van der Waals surface area contributed by atoms with Crippen LogP contribution in [0.4, 0.5) is 0 Å². The van der Waals surface area contributed by atoms with Gasteiger partial charge >= 0.3 is 0 Å². The van der Waals surface area contributed by atoms with Crippen LogP contribution in [-0.2, 0) is 0 Å². The lowest BCUT2D eigenvalue weighted by atomic mass is 9.86. The van der Waals surface area contributed by atoms with Crippen molar-refractivity contribution in [3.05, 3.63) is 0 Å². The maximum atomic E-state index is 10.2. The molecule has 0 fully saturated rings. The molecule has 0 saturated heterocycles. The van der Waals surface area contributed by atoms with Crippen molar-refractivity contribution in [2.24, 2.45) is 11.3 Å². The molecule has 0 saturated carbocycles. The van der Waals surface area contributed by atoms with Gasteiger partial charge in [-0.3, -0.25) is 0 Å². The maximum absolute atomic E-state index is 10.2. The van der Waals surface area contributed by atoms with Crippen LogP contribution in [0.5, 0.6) is 0 Å². The lowest BCUT2D eigenvalue weighted by Crippen LogP contribution is -2.31. The first-order valence-electron chi connectivity index (χ1n) is 7.05. The number of aliphatic hydroxyl groups is 1. The Balaban J connectivity index is 3.65. The van der Waals surface area contributed by atoms with E-state index in [2.05, 4.69) is 39.9 Å². The van der Waals surface area contributed by atoms with Crippen LogP contribution in [-0.4, -0.2) is 23.8 Å². The van der Waals surface area contributed by atoms with Crippen LogP contribution in [0.25, 0.3) is 0 Å². The maximum Gasteiger partial charge on any atom is 0.0631 e. The fourth-order valence-corrected chi connectivity index (χ4v) is 1.87. The van der Waals surface area contributed by atoms with Crippen LogP contribution in [0.1, 0.15) is 67.2 Å². The molecule has 0 aliphatic heterocycles. The molecule has 104 valence electrons. The van der Waals surface area contributed by atoms with E-state index in [4.69, 9.17) is 0 Å². The first-order valence-corrected chi connectivity index (χ1v) is 7.05. The van der Waals surface area contributed by atoms with Gasteiger partial charge in [-0.2, -0.15) is 0 Å². The van der Waals surface area contributed by atoms with Crippen LogP contribution in [0.3, 0.4) is 0 Å². The first-order chi connectivity index (χ1) is 7.62. The summed E-state index contributed by atoms with van der Waals surface area (Å²) >= 11 is 0. The van der Waals surface area contributed by atoms with E-state index in [0.717, 1.165) is 32.4 Å². The van der Waals surface area contributed by atoms with E-state index in [1.165, 1.54) is 6.42 Å². The van der Waals surface area contributed by atoms with Crippen LogP contribution in [0, 0.1) is 11.3 Å². The predicted octanol–water partition coefficient (Wildman–Crippen LogP) is 3.59. The highest BCUT2D eigenvalue weighted by molar-refractivity contribution is 4.75.